The summed E-state index contributed by atoms with van der Waals surface area (Å²) in [5.74, 6) is -1.18. The third-order valence-corrected chi connectivity index (χ3v) is 6.68. The van der Waals surface area contributed by atoms with Gasteiger partial charge in [-0.1, -0.05) is 35.9 Å². The van der Waals surface area contributed by atoms with Crippen molar-refractivity contribution in [2.24, 2.45) is 0 Å². The Morgan fingerprint density at radius 3 is 2.45 bits per heavy atom. The van der Waals surface area contributed by atoms with Crippen LogP contribution in [0.4, 0.5) is 5.69 Å². The molecule has 7 nitrogen and oxygen atoms in total. The summed E-state index contributed by atoms with van der Waals surface area (Å²) in [7, 11) is -3.83. The molecule has 0 bridgehead atoms. The second-order valence-electron chi connectivity index (χ2n) is 6.96. The van der Waals surface area contributed by atoms with Crippen LogP contribution in [0.5, 0.6) is 0 Å². The van der Waals surface area contributed by atoms with E-state index in [1.165, 1.54) is 16.4 Å². The van der Waals surface area contributed by atoms with Gasteiger partial charge in [0, 0.05) is 12.2 Å². The number of anilines is 1. The van der Waals surface area contributed by atoms with E-state index in [1.807, 2.05) is 13.0 Å². The Bertz CT molecular complexity index is 958. The largest absolute Gasteiger partial charge is 0.454 e. The summed E-state index contributed by atoms with van der Waals surface area (Å²) in [4.78, 5) is 24.7. The first-order chi connectivity index (χ1) is 13.9. The molecular weight excluding hydrogens is 392 g/mol. The van der Waals surface area contributed by atoms with E-state index in [0.717, 1.165) is 12.0 Å². The third kappa shape index (κ3) is 5.21. The van der Waals surface area contributed by atoms with Gasteiger partial charge in [0.25, 0.3) is 5.91 Å². The van der Waals surface area contributed by atoms with Crippen LogP contribution in [0.3, 0.4) is 0 Å². The number of carbonyl (C=O) groups excluding carboxylic acids is 2. The van der Waals surface area contributed by atoms with Gasteiger partial charge in [0.15, 0.2) is 6.61 Å². The van der Waals surface area contributed by atoms with E-state index in [1.54, 1.807) is 36.4 Å². The van der Waals surface area contributed by atoms with E-state index >= 15 is 0 Å². The highest BCUT2D eigenvalue weighted by atomic mass is 32.2. The molecule has 1 amide bonds. The van der Waals surface area contributed by atoms with Crippen molar-refractivity contribution in [1.29, 1.82) is 0 Å². The Kier molecular flexibility index (Phi) is 6.66. The smallest absolute Gasteiger partial charge is 0.324 e. The summed E-state index contributed by atoms with van der Waals surface area (Å²) in [6, 6.07) is 14.4. The monoisotopic (exact) mass is 416 g/mol. The minimum absolute atomic E-state index is 0.143. The summed E-state index contributed by atoms with van der Waals surface area (Å²) in [5, 5.41) is 2.62. The molecule has 154 valence electrons. The zero-order valence-corrected chi connectivity index (χ0v) is 17.0. The quantitative estimate of drug-likeness (QED) is 0.731. The predicted octanol–water partition coefficient (Wildman–Crippen LogP) is 2.72. The van der Waals surface area contributed by atoms with Gasteiger partial charge in [-0.25, -0.2) is 8.42 Å². The molecule has 1 N–H and O–H groups in total. The predicted molar refractivity (Wildman–Crippen MR) is 109 cm³/mol. The van der Waals surface area contributed by atoms with E-state index in [-0.39, 0.29) is 11.4 Å². The number of piperidine rings is 1. The lowest BCUT2D eigenvalue weighted by Gasteiger charge is -2.33. The van der Waals surface area contributed by atoms with Gasteiger partial charge in [-0.05, 0) is 50.5 Å². The molecule has 0 radical (unpaired) electrons. The minimum atomic E-state index is -3.83. The first-order valence-electron chi connectivity index (χ1n) is 9.48. The van der Waals surface area contributed by atoms with Crippen LogP contribution >= 0.6 is 0 Å². The van der Waals surface area contributed by atoms with Crippen LogP contribution in [0, 0.1) is 6.92 Å². The van der Waals surface area contributed by atoms with Gasteiger partial charge in [0.1, 0.15) is 6.04 Å². The fourth-order valence-electron chi connectivity index (χ4n) is 3.23. The molecule has 1 aliphatic rings. The SMILES string of the molecule is Cc1ccc(S(=O)(=O)N2CCCC[C@@H]2C(=O)OCC(=O)Nc2ccccc2)cc1. The number of aryl methyl sites for hydroxylation is 1. The number of rotatable bonds is 6. The van der Waals surface area contributed by atoms with E-state index < -0.39 is 34.5 Å². The van der Waals surface area contributed by atoms with Crippen molar-refractivity contribution >= 4 is 27.6 Å². The summed E-state index contributed by atoms with van der Waals surface area (Å²) in [5.41, 5.74) is 1.54. The molecule has 2 aromatic carbocycles. The zero-order chi connectivity index (χ0) is 20.9. The molecule has 1 atom stereocenters. The normalized spacial score (nSPS) is 17.5. The Morgan fingerprint density at radius 2 is 1.76 bits per heavy atom. The molecule has 2 aromatic rings. The van der Waals surface area contributed by atoms with Crippen LogP contribution < -0.4 is 5.32 Å². The molecular formula is C21H24N2O5S. The molecule has 1 aliphatic heterocycles. The van der Waals surface area contributed by atoms with Crippen molar-refractivity contribution in [3.05, 3.63) is 60.2 Å². The number of benzene rings is 2. The lowest BCUT2D eigenvalue weighted by Crippen LogP contribution is -2.48. The van der Waals surface area contributed by atoms with E-state index in [0.29, 0.717) is 18.5 Å². The maximum absolute atomic E-state index is 13.0. The Labute approximate surface area is 170 Å². The third-order valence-electron chi connectivity index (χ3n) is 4.76. The molecule has 1 fully saturated rings. The molecule has 3 rings (SSSR count). The number of sulfonamides is 1. The number of esters is 1. The van der Waals surface area contributed by atoms with Crippen LogP contribution in [0.2, 0.25) is 0 Å². The summed E-state index contributed by atoms with van der Waals surface area (Å²) in [6.07, 6.45) is 1.75. The second kappa shape index (κ2) is 9.19. The number of hydrogen-bond acceptors (Lipinski definition) is 5. The number of para-hydroxylation sites is 1. The van der Waals surface area contributed by atoms with Crippen molar-refractivity contribution in [1.82, 2.24) is 4.31 Å². The molecule has 1 saturated heterocycles. The Balaban J connectivity index is 1.66. The average Bonchev–Trinajstić information content (AvgIpc) is 2.73. The van der Waals surface area contributed by atoms with Gasteiger partial charge in [-0.2, -0.15) is 4.31 Å². The van der Waals surface area contributed by atoms with E-state index in [9.17, 15) is 18.0 Å². The second-order valence-corrected chi connectivity index (χ2v) is 8.85. The van der Waals surface area contributed by atoms with Gasteiger partial charge >= 0.3 is 5.97 Å². The van der Waals surface area contributed by atoms with Crippen LogP contribution in [0.1, 0.15) is 24.8 Å². The minimum Gasteiger partial charge on any atom is -0.454 e. The number of nitrogens with one attached hydrogen (secondary N) is 1. The standard InChI is InChI=1S/C21H24N2O5S/c1-16-10-12-18(13-11-16)29(26,27)23-14-6-5-9-19(23)21(25)28-15-20(24)22-17-7-3-2-4-8-17/h2-4,7-8,10-13,19H,5-6,9,14-15H2,1H3,(H,22,24)/t19-/m1/s1. The number of nitrogens with zero attached hydrogens (tertiary/aromatic N) is 1. The zero-order valence-electron chi connectivity index (χ0n) is 16.2. The van der Waals surface area contributed by atoms with E-state index in [2.05, 4.69) is 5.32 Å². The van der Waals surface area contributed by atoms with Crippen molar-refractivity contribution in [2.75, 3.05) is 18.5 Å². The molecule has 1 heterocycles. The first kappa shape index (κ1) is 21.0. The van der Waals surface area contributed by atoms with Gasteiger partial charge in [0.05, 0.1) is 4.90 Å². The van der Waals surface area contributed by atoms with Gasteiger partial charge in [-0.3, -0.25) is 9.59 Å². The topological polar surface area (TPSA) is 92.8 Å². The maximum Gasteiger partial charge on any atom is 0.324 e. The summed E-state index contributed by atoms with van der Waals surface area (Å²) in [6.45, 7) is 1.65. The maximum atomic E-state index is 13.0. The fourth-order valence-corrected chi connectivity index (χ4v) is 4.87. The van der Waals surface area contributed by atoms with Crippen LogP contribution in [-0.2, 0) is 24.3 Å². The Morgan fingerprint density at radius 1 is 1.07 bits per heavy atom. The lowest BCUT2D eigenvalue weighted by atomic mass is 10.1. The number of amides is 1. The van der Waals surface area contributed by atoms with Crippen LogP contribution in [-0.4, -0.2) is 43.8 Å². The van der Waals surface area contributed by atoms with Crippen LogP contribution in [0.25, 0.3) is 0 Å². The summed E-state index contributed by atoms with van der Waals surface area (Å²) >= 11 is 0. The average molecular weight is 416 g/mol. The first-order valence-corrected chi connectivity index (χ1v) is 10.9. The summed E-state index contributed by atoms with van der Waals surface area (Å²) < 4.78 is 32.4. The molecule has 0 aromatic heterocycles. The highest BCUT2D eigenvalue weighted by Crippen LogP contribution is 2.26. The van der Waals surface area contributed by atoms with Gasteiger partial charge in [-0.15, -0.1) is 0 Å². The van der Waals surface area contributed by atoms with Gasteiger partial charge < -0.3 is 10.1 Å². The number of hydrogen-bond donors (Lipinski definition) is 1. The fraction of sp³-hybridized carbons (Fsp3) is 0.333. The Hall–Kier alpha value is -2.71. The molecule has 0 unspecified atom stereocenters. The number of carbonyl (C=O) groups is 2. The van der Waals surface area contributed by atoms with E-state index in [4.69, 9.17) is 4.74 Å². The molecule has 0 saturated carbocycles. The molecule has 0 aliphatic carbocycles. The van der Waals surface area contributed by atoms with Crippen molar-refractivity contribution in [2.45, 2.75) is 37.1 Å². The highest BCUT2D eigenvalue weighted by Gasteiger charge is 2.38. The van der Waals surface area contributed by atoms with Crippen molar-refractivity contribution < 1.29 is 22.7 Å². The van der Waals surface area contributed by atoms with Crippen LogP contribution in [0.15, 0.2) is 59.5 Å². The van der Waals surface area contributed by atoms with Crippen molar-refractivity contribution in [3.63, 3.8) is 0 Å². The van der Waals surface area contributed by atoms with Crippen molar-refractivity contribution in [3.8, 4) is 0 Å². The molecule has 8 heteroatoms. The molecule has 29 heavy (non-hydrogen) atoms. The number of ether oxygens (including phenoxy) is 1. The van der Waals surface area contributed by atoms with Gasteiger partial charge in [0.2, 0.25) is 10.0 Å². The molecule has 0 spiro atoms. The lowest BCUT2D eigenvalue weighted by molar-refractivity contribution is -0.152. The highest BCUT2D eigenvalue weighted by molar-refractivity contribution is 7.89.